The van der Waals surface area contributed by atoms with Crippen molar-refractivity contribution >= 4 is 11.4 Å². The summed E-state index contributed by atoms with van der Waals surface area (Å²) < 4.78 is 1.84. The molecule has 2 aromatic heterocycles. The summed E-state index contributed by atoms with van der Waals surface area (Å²) in [6.45, 7) is 0.525. The number of rotatable bonds is 3. The topological polar surface area (TPSA) is 46.4 Å². The first-order valence-electron chi connectivity index (χ1n) is 7.04. The molecule has 1 aliphatic carbocycles. The number of pyridine rings is 1. The van der Waals surface area contributed by atoms with Crippen molar-refractivity contribution in [1.82, 2.24) is 14.9 Å². The molecule has 0 bridgehead atoms. The lowest BCUT2D eigenvalue weighted by molar-refractivity contribution is -0.126. The SMILES string of the molecule is O=C(NCc1cc2ccccn2n1)C1CCCCC1. The molecule has 4 nitrogen and oxygen atoms in total. The Morgan fingerprint density at radius 3 is 2.95 bits per heavy atom. The van der Waals surface area contributed by atoms with Gasteiger partial charge in [0.05, 0.1) is 17.8 Å². The van der Waals surface area contributed by atoms with Crippen LogP contribution in [0.5, 0.6) is 0 Å². The fraction of sp³-hybridized carbons (Fsp3) is 0.467. The monoisotopic (exact) mass is 257 g/mol. The van der Waals surface area contributed by atoms with E-state index in [0.717, 1.165) is 24.1 Å². The van der Waals surface area contributed by atoms with Crippen molar-refractivity contribution in [2.45, 2.75) is 38.6 Å². The average Bonchev–Trinajstić information content (AvgIpc) is 2.88. The van der Waals surface area contributed by atoms with Gasteiger partial charge in [-0.2, -0.15) is 5.10 Å². The summed E-state index contributed by atoms with van der Waals surface area (Å²) in [6.07, 6.45) is 7.64. The molecule has 19 heavy (non-hydrogen) atoms. The van der Waals surface area contributed by atoms with E-state index in [-0.39, 0.29) is 11.8 Å². The van der Waals surface area contributed by atoms with Gasteiger partial charge in [0.1, 0.15) is 0 Å². The summed E-state index contributed by atoms with van der Waals surface area (Å²) in [7, 11) is 0. The maximum Gasteiger partial charge on any atom is 0.223 e. The predicted octanol–water partition coefficient (Wildman–Crippen LogP) is 2.53. The van der Waals surface area contributed by atoms with Crippen LogP contribution in [-0.2, 0) is 11.3 Å². The number of nitrogens with one attached hydrogen (secondary N) is 1. The number of fused-ring (bicyclic) bond motifs is 1. The van der Waals surface area contributed by atoms with E-state index in [0.29, 0.717) is 6.54 Å². The molecular weight excluding hydrogens is 238 g/mol. The van der Waals surface area contributed by atoms with Crippen LogP contribution < -0.4 is 5.32 Å². The van der Waals surface area contributed by atoms with Crippen molar-refractivity contribution in [2.24, 2.45) is 5.92 Å². The summed E-state index contributed by atoms with van der Waals surface area (Å²) in [5, 5.41) is 7.45. The molecule has 1 N–H and O–H groups in total. The minimum atomic E-state index is 0.191. The molecule has 0 aromatic carbocycles. The summed E-state index contributed by atoms with van der Waals surface area (Å²) in [6, 6.07) is 7.96. The normalized spacial score (nSPS) is 16.6. The van der Waals surface area contributed by atoms with Crippen LogP contribution in [0.4, 0.5) is 0 Å². The molecule has 1 fully saturated rings. The van der Waals surface area contributed by atoms with E-state index < -0.39 is 0 Å². The van der Waals surface area contributed by atoms with E-state index in [1.807, 2.05) is 35.0 Å². The molecule has 2 aromatic rings. The Morgan fingerprint density at radius 1 is 1.32 bits per heavy atom. The fourth-order valence-corrected chi connectivity index (χ4v) is 2.76. The van der Waals surface area contributed by atoms with Crippen molar-refractivity contribution in [1.29, 1.82) is 0 Å². The molecule has 0 unspecified atom stereocenters. The van der Waals surface area contributed by atoms with Gasteiger partial charge in [0, 0.05) is 12.1 Å². The zero-order valence-electron chi connectivity index (χ0n) is 11.0. The van der Waals surface area contributed by atoms with Crippen LogP contribution in [0.2, 0.25) is 0 Å². The lowest BCUT2D eigenvalue weighted by Crippen LogP contribution is -2.31. The highest BCUT2D eigenvalue weighted by Crippen LogP contribution is 2.23. The summed E-state index contributed by atoms with van der Waals surface area (Å²) in [4.78, 5) is 12.0. The van der Waals surface area contributed by atoms with E-state index in [1.165, 1.54) is 19.3 Å². The third kappa shape index (κ3) is 2.78. The Kier molecular flexibility index (Phi) is 3.49. The van der Waals surface area contributed by atoms with E-state index >= 15 is 0 Å². The van der Waals surface area contributed by atoms with Gasteiger partial charge in [0.25, 0.3) is 0 Å². The Bertz CT molecular complexity index is 537. The Balaban J connectivity index is 1.60. The largest absolute Gasteiger partial charge is 0.350 e. The lowest BCUT2D eigenvalue weighted by atomic mass is 9.89. The van der Waals surface area contributed by atoms with Gasteiger partial charge < -0.3 is 5.32 Å². The van der Waals surface area contributed by atoms with Gasteiger partial charge in [-0.15, -0.1) is 0 Å². The highest BCUT2D eigenvalue weighted by molar-refractivity contribution is 5.78. The van der Waals surface area contributed by atoms with Gasteiger partial charge in [-0.1, -0.05) is 25.3 Å². The van der Waals surface area contributed by atoms with Gasteiger partial charge >= 0.3 is 0 Å². The van der Waals surface area contributed by atoms with Crippen molar-refractivity contribution in [2.75, 3.05) is 0 Å². The predicted molar refractivity (Wildman–Crippen MR) is 73.6 cm³/mol. The smallest absolute Gasteiger partial charge is 0.223 e. The van der Waals surface area contributed by atoms with Crippen molar-refractivity contribution in [3.8, 4) is 0 Å². The van der Waals surface area contributed by atoms with Crippen LogP contribution in [-0.4, -0.2) is 15.5 Å². The van der Waals surface area contributed by atoms with Crippen LogP contribution in [0.15, 0.2) is 30.5 Å². The van der Waals surface area contributed by atoms with Crippen LogP contribution >= 0.6 is 0 Å². The molecule has 0 radical (unpaired) electrons. The number of amides is 1. The van der Waals surface area contributed by atoms with E-state index in [1.54, 1.807) is 0 Å². The van der Waals surface area contributed by atoms with E-state index in [2.05, 4.69) is 10.4 Å². The molecule has 0 atom stereocenters. The van der Waals surface area contributed by atoms with Gasteiger partial charge in [-0.05, 0) is 31.0 Å². The van der Waals surface area contributed by atoms with Gasteiger partial charge in [-0.25, -0.2) is 4.52 Å². The number of carbonyl (C=O) groups excluding carboxylic acids is 1. The first-order chi connectivity index (χ1) is 9.33. The minimum absolute atomic E-state index is 0.191. The van der Waals surface area contributed by atoms with Crippen LogP contribution in [0.3, 0.4) is 0 Å². The maximum absolute atomic E-state index is 12.0. The number of nitrogens with zero attached hydrogens (tertiary/aromatic N) is 2. The van der Waals surface area contributed by atoms with Crippen LogP contribution in [0, 0.1) is 5.92 Å². The average molecular weight is 257 g/mol. The minimum Gasteiger partial charge on any atom is -0.350 e. The summed E-state index contributed by atoms with van der Waals surface area (Å²) in [5.74, 6) is 0.405. The quantitative estimate of drug-likeness (QED) is 0.918. The number of hydrogen-bond acceptors (Lipinski definition) is 2. The number of hydrogen-bond donors (Lipinski definition) is 1. The molecule has 0 aliphatic heterocycles. The first kappa shape index (κ1) is 12.2. The fourth-order valence-electron chi connectivity index (χ4n) is 2.76. The third-order valence-electron chi connectivity index (χ3n) is 3.84. The maximum atomic E-state index is 12.0. The van der Waals surface area contributed by atoms with E-state index in [9.17, 15) is 4.79 Å². The van der Waals surface area contributed by atoms with Crippen LogP contribution in [0.25, 0.3) is 5.52 Å². The number of carbonyl (C=O) groups is 1. The van der Waals surface area contributed by atoms with Gasteiger partial charge in [0.15, 0.2) is 0 Å². The van der Waals surface area contributed by atoms with Crippen molar-refractivity contribution in [3.63, 3.8) is 0 Å². The van der Waals surface area contributed by atoms with Crippen molar-refractivity contribution in [3.05, 3.63) is 36.2 Å². The summed E-state index contributed by atoms with van der Waals surface area (Å²) in [5.41, 5.74) is 1.97. The van der Waals surface area contributed by atoms with E-state index in [4.69, 9.17) is 0 Å². The standard InChI is InChI=1S/C15H19N3O/c19-15(12-6-2-1-3-7-12)16-11-13-10-14-8-4-5-9-18(14)17-13/h4-5,8-10,12H,1-3,6-7,11H2,(H,16,19). The molecule has 2 heterocycles. The lowest BCUT2D eigenvalue weighted by Gasteiger charge is -2.20. The van der Waals surface area contributed by atoms with Crippen molar-refractivity contribution < 1.29 is 4.79 Å². The molecule has 0 saturated heterocycles. The molecule has 100 valence electrons. The molecular formula is C15H19N3O. The molecule has 1 aliphatic rings. The molecule has 0 spiro atoms. The van der Waals surface area contributed by atoms with Gasteiger partial charge in [-0.3, -0.25) is 4.79 Å². The second kappa shape index (κ2) is 5.43. The molecule has 4 heteroatoms. The second-order valence-electron chi connectivity index (χ2n) is 5.26. The Labute approximate surface area is 112 Å². The summed E-state index contributed by atoms with van der Waals surface area (Å²) >= 11 is 0. The number of aromatic nitrogens is 2. The third-order valence-corrected chi connectivity index (χ3v) is 3.84. The van der Waals surface area contributed by atoms with Gasteiger partial charge in [0.2, 0.25) is 5.91 Å². The molecule has 3 rings (SSSR count). The highest BCUT2D eigenvalue weighted by Gasteiger charge is 2.20. The molecule has 1 saturated carbocycles. The Morgan fingerprint density at radius 2 is 2.16 bits per heavy atom. The zero-order chi connectivity index (χ0) is 13.1. The van der Waals surface area contributed by atoms with Crippen LogP contribution in [0.1, 0.15) is 37.8 Å². The highest BCUT2D eigenvalue weighted by atomic mass is 16.1. The second-order valence-corrected chi connectivity index (χ2v) is 5.26. The molecule has 1 amide bonds. The first-order valence-corrected chi connectivity index (χ1v) is 7.04. The Hall–Kier alpha value is -1.84. The zero-order valence-corrected chi connectivity index (χ0v) is 11.0.